The number of carbonyl (C=O) groups is 2. The zero-order valence-corrected chi connectivity index (χ0v) is 14.9. The third kappa shape index (κ3) is 5.34. The van der Waals surface area contributed by atoms with Crippen LogP contribution in [0.4, 0.5) is 5.82 Å². The number of methoxy groups -OCH3 is 1. The van der Waals surface area contributed by atoms with Gasteiger partial charge in [0.1, 0.15) is 18.1 Å². The molecule has 0 aliphatic heterocycles. The smallest absolute Gasteiger partial charge is 0.254 e. The fourth-order valence-electron chi connectivity index (χ4n) is 2.38. The van der Waals surface area contributed by atoms with Crippen LogP contribution in [0.25, 0.3) is 0 Å². The molecule has 0 radical (unpaired) electrons. The number of anilines is 1. The lowest BCUT2D eigenvalue weighted by Gasteiger charge is -2.24. The number of rotatable bonds is 7. The average molecular weight is 345 g/mol. The highest BCUT2D eigenvalue weighted by molar-refractivity contribution is 5.99. The third-order valence-corrected chi connectivity index (χ3v) is 3.42. The van der Waals surface area contributed by atoms with Crippen molar-refractivity contribution in [2.75, 3.05) is 25.5 Å². The molecule has 0 saturated carbocycles. The lowest BCUT2D eigenvalue weighted by atomic mass is 10.1. The third-order valence-electron chi connectivity index (χ3n) is 3.42. The maximum absolute atomic E-state index is 12.8. The van der Waals surface area contributed by atoms with E-state index in [1.54, 1.807) is 44.4 Å². The molecule has 1 N–H and O–H groups in total. The quantitative estimate of drug-likeness (QED) is 0.834. The zero-order valence-electron chi connectivity index (χ0n) is 14.9. The fourth-order valence-corrected chi connectivity index (χ4v) is 2.38. The SMILES string of the molecule is COc1cccc(C(=O)N(CC(=O)Nc2cc(C)on2)CC(C)C)c1. The number of hydrogen-bond donors (Lipinski definition) is 1. The summed E-state index contributed by atoms with van der Waals surface area (Å²) in [7, 11) is 1.54. The summed E-state index contributed by atoms with van der Waals surface area (Å²) in [5.74, 6) is 1.20. The molecule has 0 saturated heterocycles. The van der Waals surface area contributed by atoms with Crippen LogP contribution in [0.15, 0.2) is 34.9 Å². The highest BCUT2D eigenvalue weighted by Crippen LogP contribution is 2.15. The van der Waals surface area contributed by atoms with Gasteiger partial charge in [0.25, 0.3) is 5.91 Å². The molecule has 2 amide bonds. The van der Waals surface area contributed by atoms with Gasteiger partial charge in [-0.2, -0.15) is 0 Å². The number of nitrogens with zero attached hydrogens (tertiary/aromatic N) is 2. The van der Waals surface area contributed by atoms with E-state index >= 15 is 0 Å². The number of carbonyl (C=O) groups excluding carboxylic acids is 2. The molecule has 7 heteroatoms. The predicted molar refractivity (Wildman–Crippen MR) is 93.6 cm³/mol. The average Bonchev–Trinajstić information content (AvgIpc) is 2.98. The lowest BCUT2D eigenvalue weighted by Crippen LogP contribution is -2.40. The van der Waals surface area contributed by atoms with E-state index in [2.05, 4.69) is 10.5 Å². The molecular formula is C18H23N3O4. The number of benzene rings is 1. The highest BCUT2D eigenvalue weighted by atomic mass is 16.5. The maximum atomic E-state index is 12.8. The van der Waals surface area contributed by atoms with E-state index in [0.717, 1.165) is 0 Å². The van der Waals surface area contributed by atoms with E-state index in [0.29, 0.717) is 29.4 Å². The molecule has 2 aromatic rings. The van der Waals surface area contributed by atoms with Crippen molar-refractivity contribution in [3.63, 3.8) is 0 Å². The van der Waals surface area contributed by atoms with E-state index in [1.165, 1.54) is 4.90 Å². The standard InChI is InChI=1S/C18H23N3O4/c1-12(2)10-21(11-17(22)19-16-8-13(3)25-20-16)18(23)14-6-5-7-15(9-14)24-4/h5-9,12H,10-11H2,1-4H3,(H,19,20,22). The summed E-state index contributed by atoms with van der Waals surface area (Å²) in [5.41, 5.74) is 0.477. The van der Waals surface area contributed by atoms with Crippen molar-refractivity contribution in [2.24, 2.45) is 5.92 Å². The zero-order chi connectivity index (χ0) is 18.4. The van der Waals surface area contributed by atoms with Crippen LogP contribution in [0.3, 0.4) is 0 Å². The van der Waals surface area contributed by atoms with Crippen molar-refractivity contribution in [3.8, 4) is 5.75 Å². The van der Waals surface area contributed by atoms with E-state index < -0.39 is 0 Å². The number of amides is 2. The molecule has 0 bridgehead atoms. The first-order valence-corrected chi connectivity index (χ1v) is 8.05. The number of ether oxygens (including phenoxy) is 1. The Bertz CT molecular complexity index is 739. The Hall–Kier alpha value is -2.83. The molecule has 1 aromatic carbocycles. The lowest BCUT2D eigenvalue weighted by molar-refractivity contribution is -0.117. The largest absolute Gasteiger partial charge is 0.497 e. The van der Waals surface area contributed by atoms with Gasteiger partial charge in [0, 0.05) is 18.2 Å². The van der Waals surface area contributed by atoms with Crippen molar-refractivity contribution in [1.29, 1.82) is 0 Å². The van der Waals surface area contributed by atoms with Gasteiger partial charge in [-0.3, -0.25) is 9.59 Å². The molecule has 0 aliphatic rings. The van der Waals surface area contributed by atoms with Crippen LogP contribution in [0.5, 0.6) is 5.75 Å². The monoisotopic (exact) mass is 345 g/mol. The summed E-state index contributed by atoms with van der Waals surface area (Å²) in [4.78, 5) is 26.6. The molecule has 0 spiro atoms. The molecule has 1 aromatic heterocycles. The molecule has 0 unspecified atom stereocenters. The van der Waals surface area contributed by atoms with Crippen LogP contribution >= 0.6 is 0 Å². The molecule has 134 valence electrons. The fraction of sp³-hybridized carbons (Fsp3) is 0.389. The normalized spacial score (nSPS) is 10.6. The van der Waals surface area contributed by atoms with Gasteiger partial charge in [0.15, 0.2) is 5.82 Å². The first-order chi connectivity index (χ1) is 11.9. The van der Waals surface area contributed by atoms with Crippen molar-refractivity contribution in [1.82, 2.24) is 10.1 Å². The summed E-state index contributed by atoms with van der Waals surface area (Å²) in [6.45, 7) is 6.11. The van der Waals surface area contributed by atoms with Crippen molar-refractivity contribution >= 4 is 17.6 Å². The van der Waals surface area contributed by atoms with Crippen LogP contribution in [-0.2, 0) is 4.79 Å². The van der Waals surface area contributed by atoms with Crippen LogP contribution in [0.1, 0.15) is 30.0 Å². The van der Waals surface area contributed by atoms with Crippen molar-refractivity contribution < 1.29 is 18.8 Å². The van der Waals surface area contributed by atoms with E-state index in [-0.39, 0.29) is 24.3 Å². The van der Waals surface area contributed by atoms with Gasteiger partial charge >= 0.3 is 0 Å². The maximum Gasteiger partial charge on any atom is 0.254 e. The Morgan fingerprint density at radius 1 is 1.32 bits per heavy atom. The second-order valence-corrected chi connectivity index (χ2v) is 6.18. The first-order valence-electron chi connectivity index (χ1n) is 8.05. The minimum Gasteiger partial charge on any atom is -0.497 e. The second kappa shape index (κ2) is 8.32. The molecular weight excluding hydrogens is 322 g/mol. The van der Waals surface area contributed by atoms with Gasteiger partial charge in [-0.25, -0.2) is 0 Å². The van der Waals surface area contributed by atoms with E-state index in [1.807, 2.05) is 13.8 Å². The molecule has 1 heterocycles. The van der Waals surface area contributed by atoms with Crippen LogP contribution in [0.2, 0.25) is 0 Å². The van der Waals surface area contributed by atoms with Gasteiger partial charge < -0.3 is 19.5 Å². The Morgan fingerprint density at radius 3 is 2.68 bits per heavy atom. The van der Waals surface area contributed by atoms with Crippen molar-refractivity contribution in [3.05, 3.63) is 41.7 Å². The van der Waals surface area contributed by atoms with Crippen LogP contribution in [-0.4, -0.2) is 42.1 Å². The Kier molecular flexibility index (Phi) is 6.16. The van der Waals surface area contributed by atoms with Gasteiger partial charge in [0.2, 0.25) is 5.91 Å². The van der Waals surface area contributed by atoms with Crippen molar-refractivity contribution in [2.45, 2.75) is 20.8 Å². The van der Waals surface area contributed by atoms with E-state index in [9.17, 15) is 9.59 Å². The van der Waals surface area contributed by atoms with Gasteiger partial charge in [-0.1, -0.05) is 25.1 Å². The highest BCUT2D eigenvalue weighted by Gasteiger charge is 2.21. The number of aryl methyl sites for hydroxylation is 1. The summed E-state index contributed by atoms with van der Waals surface area (Å²) in [6.07, 6.45) is 0. The van der Waals surface area contributed by atoms with Crippen LogP contribution < -0.4 is 10.1 Å². The minimum absolute atomic E-state index is 0.0693. The Balaban J connectivity index is 2.11. The van der Waals surface area contributed by atoms with Gasteiger partial charge in [0.05, 0.1) is 7.11 Å². The molecule has 7 nitrogen and oxygen atoms in total. The predicted octanol–water partition coefficient (Wildman–Crippen LogP) is 2.73. The molecule has 0 fully saturated rings. The Labute approximate surface area is 146 Å². The Morgan fingerprint density at radius 2 is 2.08 bits per heavy atom. The van der Waals surface area contributed by atoms with Crippen LogP contribution in [0, 0.1) is 12.8 Å². The topological polar surface area (TPSA) is 84.7 Å². The van der Waals surface area contributed by atoms with E-state index in [4.69, 9.17) is 9.26 Å². The summed E-state index contributed by atoms with van der Waals surface area (Å²) >= 11 is 0. The molecule has 2 rings (SSSR count). The summed E-state index contributed by atoms with van der Waals surface area (Å²) < 4.78 is 10.1. The number of hydrogen-bond acceptors (Lipinski definition) is 5. The summed E-state index contributed by atoms with van der Waals surface area (Å²) in [6, 6.07) is 8.50. The summed E-state index contributed by atoms with van der Waals surface area (Å²) in [5, 5.41) is 6.36. The van der Waals surface area contributed by atoms with Gasteiger partial charge in [-0.15, -0.1) is 0 Å². The molecule has 0 aliphatic carbocycles. The second-order valence-electron chi connectivity index (χ2n) is 6.18. The first kappa shape index (κ1) is 18.5. The number of aromatic nitrogens is 1. The molecule has 0 atom stereocenters. The molecule has 25 heavy (non-hydrogen) atoms. The minimum atomic E-state index is -0.329. The van der Waals surface area contributed by atoms with Gasteiger partial charge in [-0.05, 0) is 31.0 Å². The number of nitrogens with one attached hydrogen (secondary N) is 1.